The number of amidine groups is 1. The van der Waals surface area contributed by atoms with E-state index in [9.17, 15) is 4.21 Å². The minimum Gasteiger partial charge on any atom is -0.388 e. The van der Waals surface area contributed by atoms with Crippen LogP contribution < -0.4 is 5.73 Å². The van der Waals surface area contributed by atoms with Gasteiger partial charge >= 0.3 is 0 Å². The summed E-state index contributed by atoms with van der Waals surface area (Å²) >= 11 is 0. The van der Waals surface area contributed by atoms with Gasteiger partial charge in [-0.1, -0.05) is 0 Å². The first-order chi connectivity index (χ1) is 3.63. The second-order valence-electron chi connectivity index (χ2n) is 1.55. The predicted molar refractivity (Wildman–Crippen MR) is 35.5 cm³/mol. The average Bonchev–Trinajstić information content (AvgIpc) is 1.61. The van der Waals surface area contributed by atoms with Crippen molar-refractivity contribution >= 4 is 16.6 Å². The van der Waals surface area contributed by atoms with Crippen LogP contribution in [0.25, 0.3) is 0 Å². The maximum absolute atomic E-state index is 10.3. The van der Waals surface area contributed by atoms with Gasteiger partial charge in [-0.05, 0) is 0 Å². The third-order valence-corrected chi connectivity index (χ3v) is 1.44. The largest absolute Gasteiger partial charge is 0.388 e. The van der Waals surface area contributed by atoms with Crippen LogP contribution >= 0.6 is 0 Å². The molecule has 0 aromatic carbocycles. The summed E-state index contributed by atoms with van der Waals surface area (Å²) in [6, 6.07) is 0. The molecule has 0 amide bonds. The lowest BCUT2D eigenvalue weighted by Crippen LogP contribution is -2.12. The number of nitrogens with one attached hydrogen (secondary N) is 1. The van der Waals surface area contributed by atoms with Gasteiger partial charge in [-0.25, -0.2) is 0 Å². The van der Waals surface area contributed by atoms with E-state index in [1.165, 1.54) is 0 Å². The Balaban J connectivity index is 3.18. The lowest BCUT2D eigenvalue weighted by molar-refractivity contribution is 0.686. The molecule has 8 heavy (non-hydrogen) atoms. The first-order valence-corrected chi connectivity index (χ1v) is 3.98. The fraction of sp³-hybridized carbons (Fsp3) is 0.750. The molecule has 0 aromatic heterocycles. The molecule has 0 rings (SSSR count). The third kappa shape index (κ3) is 5.62. The molecule has 0 saturated carbocycles. The van der Waals surface area contributed by atoms with E-state index in [0.717, 1.165) is 0 Å². The SMILES string of the molecule is CS(=O)CCC(=N)N. The summed E-state index contributed by atoms with van der Waals surface area (Å²) in [7, 11) is -0.807. The minimum atomic E-state index is -0.807. The van der Waals surface area contributed by atoms with Gasteiger partial charge in [0.2, 0.25) is 0 Å². The standard InChI is InChI=1S/C4H10N2OS/c1-8(7)3-2-4(5)6/h2-3H2,1H3,(H3,5,6). The van der Waals surface area contributed by atoms with Crippen molar-refractivity contribution in [3.05, 3.63) is 0 Å². The first-order valence-electron chi connectivity index (χ1n) is 2.26. The van der Waals surface area contributed by atoms with Crippen molar-refractivity contribution in [2.45, 2.75) is 6.42 Å². The number of hydrogen-bond donors (Lipinski definition) is 2. The Kier molecular flexibility index (Phi) is 3.43. The first kappa shape index (κ1) is 7.62. The minimum absolute atomic E-state index is 0.111. The maximum Gasteiger partial charge on any atom is 0.0914 e. The van der Waals surface area contributed by atoms with Crippen molar-refractivity contribution in [3.8, 4) is 0 Å². The average molecular weight is 134 g/mol. The van der Waals surface area contributed by atoms with E-state index in [4.69, 9.17) is 11.1 Å². The molecule has 0 saturated heterocycles. The third-order valence-electron chi connectivity index (χ3n) is 0.659. The Bertz CT molecular complexity index is 98.6. The molecule has 0 fully saturated rings. The fourth-order valence-electron chi connectivity index (χ4n) is 0.254. The summed E-state index contributed by atoms with van der Waals surface area (Å²) in [6.45, 7) is 0. The smallest absolute Gasteiger partial charge is 0.0914 e. The van der Waals surface area contributed by atoms with E-state index < -0.39 is 10.8 Å². The summed E-state index contributed by atoms with van der Waals surface area (Å²) in [5, 5.41) is 6.73. The van der Waals surface area contributed by atoms with Crippen LogP contribution in [-0.2, 0) is 10.8 Å². The Morgan fingerprint density at radius 3 is 2.50 bits per heavy atom. The zero-order valence-corrected chi connectivity index (χ0v) is 5.62. The van der Waals surface area contributed by atoms with Gasteiger partial charge in [0.15, 0.2) is 0 Å². The molecule has 0 spiro atoms. The predicted octanol–water partition coefficient (Wildman–Crippen LogP) is -0.309. The van der Waals surface area contributed by atoms with Crippen LogP contribution in [0.5, 0.6) is 0 Å². The van der Waals surface area contributed by atoms with Gasteiger partial charge in [-0.3, -0.25) is 9.62 Å². The van der Waals surface area contributed by atoms with Crippen LogP contribution in [0.15, 0.2) is 0 Å². The molecule has 1 unspecified atom stereocenters. The highest BCUT2D eigenvalue weighted by atomic mass is 32.2. The molecule has 0 aromatic rings. The molecule has 0 heterocycles. The van der Waals surface area contributed by atoms with E-state index >= 15 is 0 Å². The molecule has 3 nitrogen and oxygen atoms in total. The van der Waals surface area contributed by atoms with Crippen molar-refractivity contribution in [2.24, 2.45) is 5.73 Å². The van der Waals surface area contributed by atoms with Gasteiger partial charge < -0.3 is 5.73 Å². The molecule has 0 aliphatic rings. The highest BCUT2D eigenvalue weighted by molar-refractivity contribution is 7.84. The van der Waals surface area contributed by atoms with E-state index in [0.29, 0.717) is 12.2 Å². The quantitative estimate of drug-likeness (QED) is 0.411. The van der Waals surface area contributed by atoms with E-state index in [2.05, 4.69) is 0 Å². The Labute approximate surface area is 51.2 Å². The molecule has 0 radical (unpaired) electrons. The lowest BCUT2D eigenvalue weighted by atomic mass is 10.5. The molecular formula is C4H10N2OS. The summed E-state index contributed by atoms with van der Waals surface area (Å²) in [5.41, 5.74) is 4.99. The van der Waals surface area contributed by atoms with Crippen LogP contribution in [0.3, 0.4) is 0 Å². The highest BCUT2D eigenvalue weighted by Gasteiger charge is 1.91. The number of nitrogens with two attached hydrogens (primary N) is 1. The monoisotopic (exact) mass is 134 g/mol. The van der Waals surface area contributed by atoms with Crippen LogP contribution in [0.2, 0.25) is 0 Å². The van der Waals surface area contributed by atoms with Crippen LogP contribution in [0.1, 0.15) is 6.42 Å². The Morgan fingerprint density at radius 1 is 1.88 bits per heavy atom. The van der Waals surface area contributed by atoms with Crippen molar-refractivity contribution in [3.63, 3.8) is 0 Å². The molecule has 0 aliphatic heterocycles. The second-order valence-corrected chi connectivity index (χ2v) is 3.11. The van der Waals surface area contributed by atoms with E-state index in [1.54, 1.807) is 6.26 Å². The normalized spacial score (nSPS) is 13.1. The molecular weight excluding hydrogens is 124 g/mol. The van der Waals surface area contributed by atoms with Gasteiger partial charge in [0.1, 0.15) is 0 Å². The van der Waals surface area contributed by atoms with Crippen molar-refractivity contribution in [2.75, 3.05) is 12.0 Å². The topological polar surface area (TPSA) is 66.9 Å². The lowest BCUT2D eigenvalue weighted by Gasteiger charge is -1.91. The number of rotatable bonds is 3. The molecule has 4 heteroatoms. The van der Waals surface area contributed by atoms with E-state index in [-0.39, 0.29) is 5.84 Å². The van der Waals surface area contributed by atoms with Gasteiger partial charge in [0.25, 0.3) is 0 Å². The summed E-state index contributed by atoms with van der Waals surface area (Å²) in [6.07, 6.45) is 2.05. The summed E-state index contributed by atoms with van der Waals surface area (Å²) in [5.74, 6) is 0.621. The maximum atomic E-state index is 10.3. The van der Waals surface area contributed by atoms with E-state index in [1.807, 2.05) is 0 Å². The molecule has 1 atom stereocenters. The zero-order chi connectivity index (χ0) is 6.57. The van der Waals surface area contributed by atoms with Crippen LogP contribution in [0.4, 0.5) is 0 Å². The number of hydrogen-bond acceptors (Lipinski definition) is 2. The van der Waals surface area contributed by atoms with Crippen molar-refractivity contribution in [1.82, 2.24) is 0 Å². The zero-order valence-electron chi connectivity index (χ0n) is 4.81. The molecule has 3 N–H and O–H groups in total. The van der Waals surface area contributed by atoms with Crippen LogP contribution in [-0.4, -0.2) is 22.1 Å². The van der Waals surface area contributed by atoms with Gasteiger partial charge in [-0.2, -0.15) is 0 Å². The van der Waals surface area contributed by atoms with Crippen LogP contribution in [0, 0.1) is 5.41 Å². The summed E-state index contributed by atoms with van der Waals surface area (Å²) in [4.78, 5) is 0. The van der Waals surface area contributed by atoms with Gasteiger partial charge in [0, 0.05) is 29.2 Å². The molecule has 0 bridgehead atoms. The second kappa shape index (κ2) is 3.60. The van der Waals surface area contributed by atoms with Gasteiger partial charge in [0.05, 0.1) is 5.84 Å². The summed E-state index contributed by atoms with van der Waals surface area (Å²) < 4.78 is 10.3. The van der Waals surface area contributed by atoms with Crippen molar-refractivity contribution in [1.29, 1.82) is 5.41 Å². The fourth-order valence-corrected chi connectivity index (χ4v) is 0.761. The molecule has 48 valence electrons. The Morgan fingerprint density at radius 2 is 2.38 bits per heavy atom. The highest BCUT2D eigenvalue weighted by Crippen LogP contribution is 1.80. The van der Waals surface area contributed by atoms with Gasteiger partial charge in [-0.15, -0.1) is 0 Å². The molecule has 0 aliphatic carbocycles. The Hall–Kier alpha value is -0.380. The van der Waals surface area contributed by atoms with Crippen molar-refractivity contribution < 1.29 is 4.21 Å².